The molecule has 16 heavy (non-hydrogen) atoms. The Hall–Kier alpha value is -0.830. The molecule has 1 aliphatic rings. The minimum absolute atomic E-state index is 0.345. The molecule has 4 atom stereocenters. The molecule has 0 spiro atoms. The molecular formula is C13H22N2O. The van der Waals surface area contributed by atoms with Crippen LogP contribution < -0.4 is 0 Å². The summed E-state index contributed by atoms with van der Waals surface area (Å²) in [5.74, 6) is 1.93. The molecule has 1 heterocycles. The second-order valence-corrected chi connectivity index (χ2v) is 5.40. The summed E-state index contributed by atoms with van der Waals surface area (Å²) in [4.78, 5) is 4.07. The second-order valence-electron chi connectivity index (χ2n) is 5.40. The van der Waals surface area contributed by atoms with E-state index in [9.17, 15) is 5.11 Å². The molecule has 90 valence electrons. The maximum absolute atomic E-state index is 10.4. The van der Waals surface area contributed by atoms with Crippen molar-refractivity contribution in [3.05, 3.63) is 18.2 Å². The van der Waals surface area contributed by atoms with Gasteiger partial charge in [-0.15, -0.1) is 0 Å². The van der Waals surface area contributed by atoms with E-state index >= 15 is 0 Å². The first-order chi connectivity index (χ1) is 7.59. The van der Waals surface area contributed by atoms with E-state index in [1.165, 1.54) is 6.42 Å². The Morgan fingerprint density at radius 3 is 2.69 bits per heavy atom. The van der Waals surface area contributed by atoms with Gasteiger partial charge in [-0.25, -0.2) is 4.98 Å². The van der Waals surface area contributed by atoms with Crippen molar-refractivity contribution >= 4 is 0 Å². The second kappa shape index (κ2) is 4.58. The molecular weight excluding hydrogens is 200 g/mol. The molecule has 0 bridgehead atoms. The Morgan fingerprint density at radius 1 is 1.38 bits per heavy atom. The predicted molar refractivity (Wildman–Crippen MR) is 63.8 cm³/mol. The van der Waals surface area contributed by atoms with Crippen LogP contribution in [0.25, 0.3) is 0 Å². The topological polar surface area (TPSA) is 38.1 Å². The van der Waals surface area contributed by atoms with E-state index in [0.717, 1.165) is 30.4 Å². The van der Waals surface area contributed by atoms with Crippen molar-refractivity contribution in [3.63, 3.8) is 0 Å². The first-order valence-corrected chi connectivity index (χ1v) is 6.24. The summed E-state index contributed by atoms with van der Waals surface area (Å²) >= 11 is 0. The molecule has 1 aromatic rings. The minimum Gasteiger partial charge on any atom is -0.387 e. The minimum atomic E-state index is -0.345. The zero-order chi connectivity index (χ0) is 11.7. The maximum Gasteiger partial charge on any atom is 0.0983 e. The van der Waals surface area contributed by atoms with Gasteiger partial charge in [0.1, 0.15) is 0 Å². The van der Waals surface area contributed by atoms with Crippen molar-refractivity contribution < 1.29 is 5.11 Å². The summed E-state index contributed by atoms with van der Waals surface area (Å²) in [6.45, 7) is 4.62. The first kappa shape index (κ1) is 11.6. The monoisotopic (exact) mass is 222 g/mol. The fourth-order valence-electron chi connectivity index (χ4n) is 2.77. The molecule has 0 amide bonds. The summed E-state index contributed by atoms with van der Waals surface area (Å²) in [6, 6.07) is 0. The van der Waals surface area contributed by atoms with Gasteiger partial charge in [0, 0.05) is 7.05 Å². The van der Waals surface area contributed by atoms with Crippen LogP contribution >= 0.6 is 0 Å². The van der Waals surface area contributed by atoms with Crippen LogP contribution in [0.5, 0.6) is 0 Å². The molecule has 0 aromatic carbocycles. The Kier molecular flexibility index (Phi) is 3.33. The molecule has 1 fully saturated rings. The summed E-state index contributed by atoms with van der Waals surface area (Å²) in [7, 11) is 1.94. The molecule has 1 N–H and O–H groups in total. The molecule has 0 aliphatic heterocycles. The van der Waals surface area contributed by atoms with Gasteiger partial charge in [0.15, 0.2) is 0 Å². The lowest BCUT2D eigenvalue weighted by molar-refractivity contribution is 0.0512. The highest BCUT2D eigenvalue weighted by atomic mass is 16.3. The lowest BCUT2D eigenvalue weighted by atomic mass is 9.73. The molecule has 4 unspecified atom stereocenters. The Balaban J connectivity index is 2.06. The van der Waals surface area contributed by atoms with Crippen molar-refractivity contribution in [3.8, 4) is 0 Å². The number of imidazole rings is 1. The third kappa shape index (κ3) is 2.14. The van der Waals surface area contributed by atoms with Crippen molar-refractivity contribution in [1.82, 2.24) is 9.55 Å². The van der Waals surface area contributed by atoms with Crippen LogP contribution in [-0.4, -0.2) is 14.7 Å². The fourth-order valence-corrected chi connectivity index (χ4v) is 2.77. The van der Waals surface area contributed by atoms with Crippen LogP contribution in [0.15, 0.2) is 12.5 Å². The molecule has 1 aliphatic carbocycles. The SMILES string of the molecule is CC1CCC(C(O)c2cncn2C)CC1C. The standard InChI is InChI=1S/C13H22N2O/c1-9-4-5-11(6-10(9)2)13(16)12-7-14-8-15(12)3/h7-11,13,16H,4-6H2,1-3H3. The third-order valence-corrected chi connectivity index (χ3v) is 4.24. The zero-order valence-corrected chi connectivity index (χ0v) is 10.4. The van der Waals surface area contributed by atoms with Gasteiger partial charge < -0.3 is 9.67 Å². The average molecular weight is 222 g/mol. The number of aromatic nitrogens is 2. The van der Waals surface area contributed by atoms with Gasteiger partial charge in [0.05, 0.1) is 24.3 Å². The lowest BCUT2D eigenvalue weighted by Crippen LogP contribution is -2.26. The highest BCUT2D eigenvalue weighted by Crippen LogP contribution is 2.39. The number of rotatable bonds is 2. The summed E-state index contributed by atoms with van der Waals surface area (Å²) in [5, 5.41) is 10.4. The number of hydrogen-bond acceptors (Lipinski definition) is 2. The van der Waals surface area contributed by atoms with Crippen LogP contribution in [0.4, 0.5) is 0 Å². The number of aryl methyl sites for hydroxylation is 1. The summed E-state index contributed by atoms with van der Waals surface area (Å²) < 4.78 is 1.92. The lowest BCUT2D eigenvalue weighted by Gasteiger charge is -2.34. The van der Waals surface area contributed by atoms with Gasteiger partial charge in [0.2, 0.25) is 0 Å². The third-order valence-electron chi connectivity index (χ3n) is 4.24. The molecule has 3 nitrogen and oxygen atoms in total. The highest BCUT2D eigenvalue weighted by molar-refractivity contribution is 5.04. The van der Waals surface area contributed by atoms with Crippen molar-refractivity contribution in [2.45, 2.75) is 39.2 Å². The molecule has 0 saturated heterocycles. The molecule has 1 saturated carbocycles. The Bertz CT molecular complexity index is 347. The van der Waals surface area contributed by atoms with Crippen LogP contribution in [0.1, 0.15) is 44.9 Å². The Labute approximate surface area is 97.5 Å². The van der Waals surface area contributed by atoms with Crippen molar-refractivity contribution in [2.75, 3.05) is 0 Å². The van der Waals surface area contributed by atoms with E-state index in [1.807, 2.05) is 11.6 Å². The normalized spacial score (nSPS) is 32.6. The van der Waals surface area contributed by atoms with E-state index in [4.69, 9.17) is 0 Å². The smallest absolute Gasteiger partial charge is 0.0983 e. The Morgan fingerprint density at radius 2 is 2.12 bits per heavy atom. The van der Waals surface area contributed by atoms with Crippen molar-refractivity contribution in [1.29, 1.82) is 0 Å². The van der Waals surface area contributed by atoms with Gasteiger partial charge in [-0.1, -0.05) is 20.3 Å². The van der Waals surface area contributed by atoms with E-state index in [-0.39, 0.29) is 6.10 Å². The van der Waals surface area contributed by atoms with Crippen molar-refractivity contribution in [2.24, 2.45) is 24.8 Å². The number of aliphatic hydroxyl groups is 1. The fraction of sp³-hybridized carbons (Fsp3) is 0.769. The maximum atomic E-state index is 10.4. The van der Waals surface area contributed by atoms with Gasteiger partial charge in [-0.2, -0.15) is 0 Å². The first-order valence-electron chi connectivity index (χ1n) is 6.24. The molecule has 2 rings (SSSR count). The van der Waals surface area contributed by atoms with Gasteiger partial charge >= 0.3 is 0 Å². The van der Waals surface area contributed by atoms with Crippen LogP contribution in [0, 0.1) is 17.8 Å². The van der Waals surface area contributed by atoms with Crippen LogP contribution in [0.2, 0.25) is 0 Å². The number of nitrogens with zero attached hydrogens (tertiary/aromatic N) is 2. The van der Waals surface area contributed by atoms with E-state index in [1.54, 1.807) is 12.5 Å². The van der Waals surface area contributed by atoms with Crippen LogP contribution in [0.3, 0.4) is 0 Å². The predicted octanol–water partition coefficient (Wildman–Crippen LogP) is 2.53. The van der Waals surface area contributed by atoms with E-state index in [2.05, 4.69) is 18.8 Å². The average Bonchev–Trinajstić information content (AvgIpc) is 2.67. The van der Waals surface area contributed by atoms with E-state index in [0.29, 0.717) is 5.92 Å². The van der Waals surface area contributed by atoms with Gasteiger partial charge in [-0.05, 0) is 30.6 Å². The number of hydrogen-bond donors (Lipinski definition) is 1. The molecule has 0 radical (unpaired) electrons. The zero-order valence-electron chi connectivity index (χ0n) is 10.4. The highest BCUT2D eigenvalue weighted by Gasteiger charge is 2.30. The summed E-state index contributed by atoms with van der Waals surface area (Å²) in [5.41, 5.74) is 0.951. The van der Waals surface area contributed by atoms with Gasteiger partial charge in [-0.3, -0.25) is 0 Å². The number of aliphatic hydroxyl groups excluding tert-OH is 1. The summed E-state index contributed by atoms with van der Waals surface area (Å²) in [6.07, 6.45) is 6.70. The van der Waals surface area contributed by atoms with E-state index < -0.39 is 0 Å². The van der Waals surface area contributed by atoms with Crippen LogP contribution in [-0.2, 0) is 7.05 Å². The molecule has 3 heteroatoms. The van der Waals surface area contributed by atoms with Gasteiger partial charge in [0.25, 0.3) is 0 Å². The largest absolute Gasteiger partial charge is 0.387 e. The molecule has 1 aromatic heterocycles. The quantitative estimate of drug-likeness (QED) is 0.835.